The van der Waals surface area contributed by atoms with Crippen LogP contribution < -0.4 is 10.6 Å². The Morgan fingerprint density at radius 2 is 1.53 bits per heavy atom. The van der Waals surface area contributed by atoms with Crippen LogP contribution in [0.15, 0.2) is 79.0 Å². The molecule has 7 heteroatoms. The van der Waals surface area contributed by atoms with Gasteiger partial charge >= 0.3 is 0 Å². The van der Waals surface area contributed by atoms with Crippen molar-refractivity contribution < 1.29 is 9.59 Å². The van der Waals surface area contributed by atoms with Crippen molar-refractivity contribution in [3.8, 4) is 11.1 Å². The maximum absolute atomic E-state index is 12.3. The first-order valence-electron chi connectivity index (χ1n) is 9.70. The van der Waals surface area contributed by atoms with Crippen molar-refractivity contribution in [1.29, 1.82) is 0 Å². The van der Waals surface area contributed by atoms with Crippen LogP contribution in [0.2, 0.25) is 0 Å². The van der Waals surface area contributed by atoms with Gasteiger partial charge in [0.2, 0.25) is 5.91 Å². The van der Waals surface area contributed by atoms with E-state index < -0.39 is 0 Å². The minimum Gasteiger partial charge on any atom is -0.354 e. The van der Waals surface area contributed by atoms with Crippen molar-refractivity contribution >= 4 is 17.5 Å². The second kappa shape index (κ2) is 9.00. The van der Waals surface area contributed by atoms with E-state index in [9.17, 15) is 9.59 Å². The summed E-state index contributed by atoms with van der Waals surface area (Å²) in [6.45, 7) is 0.329. The number of carbonyl (C=O) groups excluding carboxylic acids is 2. The zero-order valence-electron chi connectivity index (χ0n) is 16.3. The molecule has 0 aliphatic carbocycles. The van der Waals surface area contributed by atoms with Crippen LogP contribution in [-0.2, 0) is 11.2 Å². The lowest BCUT2D eigenvalue weighted by Gasteiger charge is -2.08. The Labute approximate surface area is 173 Å². The van der Waals surface area contributed by atoms with Crippen molar-refractivity contribution in [2.24, 2.45) is 0 Å². The van der Waals surface area contributed by atoms with Gasteiger partial charge in [-0.1, -0.05) is 48.5 Å². The predicted molar refractivity (Wildman–Crippen MR) is 114 cm³/mol. The number of nitrogens with one attached hydrogen (secondary N) is 2. The highest BCUT2D eigenvalue weighted by Crippen LogP contribution is 2.19. The first kappa shape index (κ1) is 19.3. The highest BCUT2D eigenvalue weighted by Gasteiger charge is 2.09. The van der Waals surface area contributed by atoms with Crippen molar-refractivity contribution in [3.63, 3.8) is 0 Å². The van der Waals surface area contributed by atoms with Gasteiger partial charge in [-0.3, -0.25) is 14.0 Å². The second-order valence-electron chi connectivity index (χ2n) is 6.77. The Morgan fingerprint density at radius 1 is 0.800 bits per heavy atom. The van der Waals surface area contributed by atoms with Crippen LogP contribution in [0.1, 0.15) is 16.2 Å². The maximum Gasteiger partial charge on any atom is 0.251 e. The number of aromatic nitrogens is 3. The van der Waals surface area contributed by atoms with Crippen LogP contribution in [0.3, 0.4) is 0 Å². The van der Waals surface area contributed by atoms with E-state index in [1.54, 1.807) is 12.1 Å². The smallest absolute Gasteiger partial charge is 0.251 e. The van der Waals surface area contributed by atoms with Gasteiger partial charge in [0.25, 0.3) is 5.91 Å². The number of rotatable bonds is 7. The number of pyridine rings is 1. The molecule has 7 nitrogen and oxygen atoms in total. The van der Waals surface area contributed by atoms with Gasteiger partial charge in [-0.2, -0.15) is 0 Å². The number of hydrogen-bond donors (Lipinski definition) is 2. The molecule has 0 saturated carbocycles. The molecule has 4 rings (SSSR count). The van der Waals surface area contributed by atoms with Crippen molar-refractivity contribution in [2.45, 2.75) is 6.42 Å². The van der Waals surface area contributed by atoms with E-state index in [-0.39, 0.29) is 18.4 Å². The summed E-state index contributed by atoms with van der Waals surface area (Å²) in [5.41, 5.74) is 3.40. The molecule has 4 aromatic rings. The molecule has 0 bridgehead atoms. The fraction of sp³-hybridized carbons (Fsp3) is 0.130. The summed E-state index contributed by atoms with van der Waals surface area (Å²) in [4.78, 5) is 24.3. The van der Waals surface area contributed by atoms with E-state index in [1.807, 2.05) is 71.3 Å². The van der Waals surface area contributed by atoms with E-state index in [0.717, 1.165) is 22.6 Å². The van der Waals surface area contributed by atoms with Gasteiger partial charge in [0.05, 0.1) is 6.54 Å². The molecule has 30 heavy (non-hydrogen) atoms. The van der Waals surface area contributed by atoms with Crippen LogP contribution in [0.25, 0.3) is 16.8 Å². The summed E-state index contributed by atoms with van der Waals surface area (Å²) in [5.74, 6) is 0.236. The Morgan fingerprint density at radius 3 is 2.33 bits per heavy atom. The largest absolute Gasteiger partial charge is 0.354 e. The van der Waals surface area contributed by atoms with Crippen LogP contribution in [0.5, 0.6) is 0 Å². The fourth-order valence-corrected chi connectivity index (χ4v) is 3.14. The summed E-state index contributed by atoms with van der Waals surface area (Å²) < 4.78 is 1.88. The lowest BCUT2D eigenvalue weighted by Crippen LogP contribution is -2.37. The van der Waals surface area contributed by atoms with Crippen molar-refractivity contribution in [1.82, 2.24) is 25.2 Å². The molecule has 2 aromatic carbocycles. The molecule has 0 aliphatic rings. The van der Waals surface area contributed by atoms with Gasteiger partial charge in [0.15, 0.2) is 5.65 Å². The van der Waals surface area contributed by atoms with Crippen molar-refractivity contribution in [3.05, 3.63) is 90.4 Å². The van der Waals surface area contributed by atoms with E-state index in [1.165, 1.54) is 0 Å². The Bertz CT molecular complexity index is 1150. The summed E-state index contributed by atoms with van der Waals surface area (Å²) in [5, 5.41) is 13.6. The fourth-order valence-electron chi connectivity index (χ4n) is 3.14. The summed E-state index contributed by atoms with van der Waals surface area (Å²) >= 11 is 0. The Balaban J connectivity index is 1.24. The van der Waals surface area contributed by atoms with Crippen molar-refractivity contribution in [2.75, 3.05) is 13.1 Å². The summed E-state index contributed by atoms with van der Waals surface area (Å²) in [6, 6.07) is 22.9. The SMILES string of the molecule is O=C(CNC(=O)c1ccc(-c2ccccc2)cc1)NCCc1nnc2ccccn12. The van der Waals surface area contributed by atoms with E-state index >= 15 is 0 Å². The van der Waals surface area contributed by atoms with E-state index in [0.29, 0.717) is 18.5 Å². The highest BCUT2D eigenvalue weighted by atomic mass is 16.2. The number of hydrogen-bond acceptors (Lipinski definition) is 4. The van der Waals surface area contributed by atoms with Gasteiger partial charge in [-0.05, 0) is 35.4 Å². The minimum atomic E-state index is -0.284. The first-order chi connectivity index (χ1) is 14.7. The van der Waals surface area contributed by atoms with Crippen LogP contribution >= 0.6 is 0 Å². The Kier molecular flexibility index (Phi) is 5.80. The third-order valence-corrected chi connectivity index (χ3v) is 4.72. The standard InChI is InChI=1S/C23H21N5O2/c29-22(24-14-13-21-27-26-20-8-4-5-15-28(20)21)16-25-23(30)19-11-9-18(10-12-19)17-6-2-1-3-7-17/h1-12,15H,13-14,16H2,(H,24,29)(H,25,30). The van der Waals surface area contributed by atoms with Crippen LogP contribution in [-0.4, -0.2) is 39.5 Å². The number of nitrogens with zero attached hydrogens (tertiary/aromatic N) is 3. The van der Waals surface area contributed by atoms with Crippen LogP contribution in [0, 0.1) is 0 Å². The predicted octanol–water partition coefficient (Wildman–Crippen LogP) is 2.49. The van der Waals surface area contributed by atoms with Crippen LogP contribution in [0.4, 0.5) is 0 Å². The molecule has 2 heterocycles. The molecule has 0 spiro atoms. The molecule has 0 unspecified atom stereocenters. The lowest BCUT2D eigenvalue weighted by molar-refractivity contribution is -0.120. The molecule has 0 aliphatic heterocycles. The molecule has 0 radical (unpaired) electrons. The zero-order valence-corrected chi connectivity index (χ0v) is 16.3. The molecule has 2 N–H and O–H groups in total. The highest BCUT2D eigenvalue weighted by molar-refractivity contribution is 5.96. The molecule has 0 saturated heterocycles. The molecular weight excluding hydrogens is 378 g/mol. The minimum absolute atomic E-state index is 0.0835. The van der Waals surface area contributed by atoms with E-state index in [2.05, 4.69) is 20.8 Å². The molecule has 0 fully saturated rings. The van der Waals surface area contributed by atoms with E-state index in [4.69, 9.17) is 0 Å². The number of benzene rings is 2. The lowest BCUT2D eigenvalue weighted by atomic mass is 10.0. The third kappa shape index (κ3) is 4.52. The van der Waals surface area contributed by atoms with Gasteiger partial charge in [-0.15, -0.1) is 10.2 Å². The number of fused-ring (bicyclic) bond motifs is 1. The molecule has 2 aromatic heterocycles. The quantitative estimate of drug-likeness (QED) is 0.500. The number of amides is 2. The topological polar surface area (TPSA) is 88.4 Å². The average Bonchev–Trinajstić information content (AvgIpc) is 3.21. The maximum atomic E-state index is 12.3. The second-order valence-corrected chi connectivity index (χ2v) is 6.77. The normalized spacial score (nSPS) is 10.7. The Hall–Kier alpha value is -4.00. The zero-order chi connectivity index (χ0) is 20.8. The molecule has 0 atom stereocenters. The van der Waals surface area contributed by atoms with Gasteiger partial charge < -0.3 is 10.6 Å². The molecular formula is C23H21N5O2. The van der Waals surface area contributed by atoms with Gasteiger partial charge in [0.1, 0.15) is 5.82 Å². The molecule has 2 amide bonds. The summed E-state index contributed by atoms with van der Waals surface area (Å²) in [7, 11) is 0. The summed E-state index contributed by atoms with van der Waals surface area (Å²) in [6.07, 6.45) is 2.43. The first-order valence-corrected chi connectivity index (χ1v) is 9.70. The average molecular weight is 399 g/mol. The van der Waals surface area contributed by atoms with Gasteiger partial charge in [0, 0.05) is 24.7 Å². The monoisotopic (exact) mass is 399 g/mol. The third-order valence-electron chi connectivity index (χ3n) is 4.72. The number of carbonyl (C=O) groups is 2. The molecule has 150 valence electrons. The van der Waals surface area contributed by atoms with Gasteiger partial charge in [-0.25, -0.2) is 0 Å².